The number of thioether (sulfide) groups is 1. The van der Waals surface area contributed by atoms with Crippen LogP contribution in [0.4, 0.5) is 0 Å². The number of carboxylic acids is 2. The number of nitrogens with one attached hydrogen (secondary N) is 3. The van der Waals surface area contributed by atoms with Gasteiger partial charge in [0.2, 0.25) is 21.8 Å². The van der Waals surface area contributed by atoms with Crippen LogP contribution in [0.15, 0.2) is 29.2 Å². The molecular weight excluding hydrogens is 476 g/mol. The van der Waals surface area contributed by atoms with Gasteiger partial charge in [-0.25, -0.2) is 13.1 Å². The fourth-order valence-corrected chi connectivity index (χ4v) is 4.44. The van der Waals surface area contributed by atoms with Crippen LogP contribution in [-0.4, -0.2) is 79.1 Å². The van der Waals surface area contributed by atoms with Crippen molar-refractivity contribution in [2.24, 2.45) is 5.73 Å². The Hall–Kier alpha value is -2.68. The van der Waals surface area contributed by atoms with Crippen LogP contribution in [0.3, 0.4) is 0 Å². The van der Waals surface area contributed by atoms with Crippen molar-refractivity contribution in [3.05, 3.63) is 29.8 Å². The van der Waals surface area contributed by atoms with Gasteiger partial charge < -0.3 is 26.6 Å². The third kappa shape index (κ3) is 11.1. The SMILES string of the molecule is Cc1ccc(S(=O)(=O)NCCSCC(NC(=O)CCC(N)C(=O)O)C(=O)NCC(=O)O)cc1. The van der Waals surface area contributed by atoms with Crippen LogP contribution in [0.25, 0.3) is 0 Å². The lowest BCUT2D eigenvalue weighted by atomic mass is 10.1. The van der Waals surface area contributed by atoms with E-state index in [2.05, 4.69) is 15.4 Å². The first kappa shape index (κ1) is 28.4. The highest BCUT2D eigenvalue weighted by molar-refractivity contribution is 7.99. The van der Waals surface area contributed by atoms with Gasteiger partial charge in [0.05, 0.1) is 4.90 Å². The van der Waals surface area contributed by atoms with Crippen LogP contribution in [0.5, 0.6) is 0 Å². The van der Waals surface area contributed by atoms with E-state index < -0.39 is 52.4 Å². The third-order valence-electron chi connectivity index (χ3n) is 4.22. The van der Waals surface area contributed by atoms with E-state index in [4.69, 9.17) is 15.9 Å². The summed E-state index contributed by atoms with van der Waals surface area (Å²) < 4.78 is 27.0. The molecule has 12 nitrogen and oxygen atoms in total. The molecule has 184 valence electrons. The van der Waals surface area contributed by atoms with Crippen LogP contribution in [-0.2, 0) is 29.2 Å². The molecule has 0 aliphatic heterocycles. The van der Waals surface area contributed by atoms with Crippen molar-refractivity contribution < 1.29 is 37.8 Å². The Labute approximate surface area is 195 Å². The summed E-state index contributed by atoms with van der Waals surface area (Å²) in [7, 11) is -3.69. The van der Waals surface area contributed by atoms with E-state index in [0.29, 0.717) is 0 Å². The highest BCUT2D eigenvalue weighted by Gasteiger charge is 2.22. The molecule has 2 unspecified atom stereocenters. The second kappa shape index (κ2) is 13.8. The number of carbonyl (C=O) groups excluding carboxylic acids is 2. The number of aryl methyl sites for hydroxylation is 1. The standard InChI is InChI=1S/C19H28N4O8S2/c1-12-2-4-13(5-3-12)33(30,31)22-8-9-32-11-15(18(27)21-10-17(25)26)23-16(24)7-6-14(20)19(28)29/h2-5,14-15,22H,6-11,20H2,1H3,(H,21,27)(H,23,24)(H,25,26)(H,28,29). The van der Waals surface area contributed by atoms with Crippen molar-refractivity contribution in [3.8, 4) is 0 Å². The molecule has 14 heteroatoms. The Bertz CT molecular complexity index is 938. The summed E-state index contributed by atoms with van der Waals surface area (Å²) >= 11 is 1.16. The molecule has 0 radical (unpaired) electrons. The molecule has 0 bridgehead atoms. The van der Waals surface area contributed by atoms with Crippen molar-refractivity contribution >= 4 is 45.5 Å². The summed E-state index contributed by atoms with van der Waals surface area (Å²) in [6, 6.07) is 3.99. The van der Waals surface area contributed by atoms with Crippen molar-refractivity contribution in [2.75, 3.05) is 24.6 Å². The molecule has 0 heterocycles. The summed E-state index contributed by atoms with van der Waals surface area (Å²) in [4.78, 5) is 45.8. The Morgan fingerprint density at radius 3 is 2.33 bits per heavy atom. The van der Waals surface area contributed by atoms with E-state index in [-0.39, 0.29) is 35.8 Å². The highest BCUT2D eigenvalue weighted by Crippen LogP contribution is 2.10. The summed E-state index contributed by atoms with van der Waals surface area (Å²) in [5, 5.41) is 22.1. The first-order valence-corrected chi connectivity index (χ1v) is 12.5. The summed E-state index contributed by atoms with van der Waals surface area (Å²) in [5.74, 6) is -3.58. The molecule has 1 aromatic rings. The number of amides is 2. The summed E-state index contributed by atoms with van der Waals surface area (Å²) in [6.07, 6.45) is -0.379. The largest absolute Gasteiger partial charge is 0.480 e. The van der Waals surface area contributed by atoms with Gasteiger partial charge in [0.1, 0.15) is 18.6 Å². The van der Waals surface area contributed by atoms with Gasteiger partial charge in [-0.3, -0.25) is 19.2 Å². The quantitative estimate of drug-likeness (QED) is 0.159. The van der Waals surface area contributed by atoms with Gasteiger partial charge in [0.25, 0.3) is 0 Å². The monoisotopic (exact) mass is 504 g/mol. The average molecular weight is 505 g/mol. The van der Waals surface area contributed by atoms with Gasteiger partial charge in [-0.15, -0.1) is 0 Å². The average Bonchev–Trinajstić information content (AvgIpc) is 2.74. The van der Waals surface area contributed by atoms with Gasteiger partial charge in [-0.1, -0.05) is 17.7 Å². The maximum atomic E-state index is 12.3. The van der Waals surface area contributed by atoms with E-state index in [1.807, 2.05) is 6.92 Å². The number of carbonyl (C=O) groups is 4. The van der Waals surface area contributed by atoms with Gasteiger partial charge in [-0.2, -0.15) is 11.8 Å². The van der Waals surface area contributed by atoms with Crippen molar-refractivity contribution in [3.63, 3.8) is 0 Å². The number of sulfonamides is 1. The first-order valence-electron chi connectivity index (χ1n) is 9.83. The molecule has 0 fully saturated rings. The summed E-state index contributed by atoms with van der Waals surface area (Å²) in [6.45, 7) is 1.25. The maximum absolute atomic E-state index is 12.3. The fraction of sp³-hybridized carbons (Fsp3) is 0.474. The van der Waals surface area contributed by atoms with Crippen LogP contribution in [0, 0.1) is 6.92 Å². The fourth-order valence-electron chi connectivity index (χ4n) is 2.40. The van der Waals surface area contributed by atoms with Crippen molar-refractivity contribution in [1.82, 2.24) is 15.4 Å². The van der Waals surface area contributed by atoms with Gasteiger partial charge >= 0.3 is 11.9 Å². The van der Waals surface area contributed by atoms with Crippen LogP contribution < -0.4 is 21.1 Å². The topological polar surface area (TPSA) is 205 Å². The molecular formula is C19H28N4O8S2. The van der Waals surface area contributed by atoms with E-state index in [1.54, 1.807) is 12.1 Å². The maximum Gasteiger partial charge on any atom is 0.322 e. The van der Waals surface area contributed by atoms with Crippen molar-refractivity contribution in [2.45, 2.75) is 36.7 Å². The number of rotatable bonds is 15. The van der Waals surface area contributed by atoms with Crippen LogP contribution in [0.1, 0.15) is 18.4 Å². The smallest absolute Gasteiger partial charge is 0.322 e. The molecule has 0 saturated heterocycles. The molecule has 1 aromatic carbocycles. The molecule has 0 aromatic heterocycles. The number of aliphatic carboxylic acids is 2. The van der Waals surface area contributed by atoms with Gasteiger partial charge in [0, 0.05) is 24.5 Å². The lowest BCUT2D eigenvalue weighted by Gasteiger charge is -2.18. The molecule has 0 aliphatic carbocycles. The minimum Gasteiger partial charge on any atom is -0.480 e. The zero-order chi connectivity index (χ0) is 25.0. The zero-order valence-electron chi connectivity index (χ0n) is 17.9. The minimum absolute atomic E-state index is 0.0361. The zero-order valence-corrected chi connectivity index (χ0v) is 19.6. The lowest BCUT2D eigenvalue weighted by Crippen LogP contribution is -2.49. The predicted octanol–water partition coefficient (Wildman–Crippen LogP) is -1.12. The lowest BCUT2D eigenvalue weighted by molar-refractivity contribution is -0.139. The van der Waals surface area contributed by atoms with E-state index in [0.717, 1.165) is 17.3 Å². The molecule has 1 rings (SSSR count). The van der Waals surface area contributed by atoms with Crippen LogP contribution >= 0.6 is 11.8 Å². The molecule has 0 spiro atoms. The molecule has 0 aliphatic rings. The first-order chi connectivity index (χ1) is 15.4. The van der Waals surface area contributed by atoms with E-state index >= 15 is 0 Å². The minimum atomic E-state index is -3.69. The van der Waals surface area contributed by atoms with Gasteiger partial charge in [0.15, 0.2) is 0 Å². The Morgan fingerprint density at radius 2 is 1.76 bits per heavy atom. The number of benzene rings is 1. The van der Waals surface area contributed by atoms with Crippen LogP contribution in [0.2, 0.25) is 0 Å². The normalized spacial score (nSPS) is 13.0. The second-order valence-corrected chi connectivity index (χ2v) is 9.92. The summed E-state index contributed by atoms with van der Waals surface area (Å²) in [5.41, 5.74) is 6.27. The molecule has 33 heavy (non-hydrogen) atoms. The molecule has 0 saturated carbocycles. The number of hydrogen-bond donors (Lipinski definition) is 6. The van der Waals surface area contributed by atoms with E-state index in [9.17, 15) is 27.6 Å². The molecule has 2 amide bonds. The molecule has 2 atom stereocenters. The number of nitrogens with two attached hydrogens (primary N) is 1. The van der Waals surface area contributed by atoms with E-state index in [1.165, 1.54) is 12.1 Å². The Morgan fingerprint density at radius 1 is 1.12 bits per heavy atom. The third-order valence-corrected chi connectivity index (χ3v) is 6.76. The molecule has 7 N–H and O–H groups in total. The number of carboxylic acid groups (broad SMARTS) is 2. The van der Waals surface area contributed by atoms with Gasteiger partial charge in [-0.05, 0) is 25.5 Å². The van der Waals surface area contributed by atoms with Crippen molar-refractivity contribution in [1.29, 1.82) is 0 Å². The Balaban J connectivity index is 2.57. The second-order valence-electron chi connectivity index (χ2n) is 7.00. The highest BCUT2D eigenvalue weighted by atomic mass is 32.2. The number of hydrogen-bond acceptors (Lipinski definition) is 8. The predicted molar refractivity (Wildman–Crippen MR) is 121 cm³/mol. The Kier molecular flexibility index (Phi) is 11.8.